The Labute approximate surface area is 115 Å². The van der Waals surface area contributed by atoms with Gasteiger partial charge in [-0.2, -0.15) is 0 Å². The summed E-state index contributed by atoms with van der Waals surface area (Å²) in [5.41, 5.74) is 9.24. The molecule has 0 fully saturated rings. The minimum atomic E-state index is 0.555. The van der Waals surface area contributed by atoms with E-state index in [9.17, 15) is 0 Å². The van der Waals surface area contributed by atoms with Crippen molar-refractivity contribution in [3.8, 4) is 0 Å². The van der Waals surface area contributed by atoms with Crippen molar-refractivity contribution in [1.82, 2.24) is 9.55 Å². The fourth-order valence-corrected chi connectivity index (χ4v) is 2.79. The number of fused-ring (bicyclic) bond motifs is 1. The lowest BCUT2D eigenvalue weighted by Crippen LogP contribution is -2.05. The Bertz CT molecular complexity index is 542. The van der Waals surface area contributed by atoms with Gasteiger partial charge in [-0.15, -0.1) is 0 Å². The predicted molar refractivity (Wildman–Crippen MR) is 81.2 cm³/mol. The van der Waals surface area contributed by atoms with Gasteiger partial charge in [-0.1, -0.05) is 38.8 Å². The zero-order valence-corrected chi connectivity index (χ0v) is 12.3. The van der Waals surface area contributed by atoms with E-state index in [1.165, 1.54) is 30.6 Å². The third-order valence-corrected chi connectivity index (χ3v) is 4.01. The topological polar surface area (TPSA) is 43.8 Å². The summed E-state index contributed by atoms with van der Waals surface area (Å²) in [6.45, 7) is 5.05. The molecule has 0 aliphatic rings. The van der Waals surface area contributed by atoms with E-state index in [0.717, 1.165) is 17.5 Å². The van der Waals surface area contributed by atoms with Crippen LogP contribution in [-0.4, -0.2) is 9.55 Å². The van der Waals surface area contributed by atoms with Crippen LogP contribution in [0.15, 0.2) is 18.2 Å². The third kappa shape index (κ3) is 2.66. The molecule has 1 aromatic heterocycles. The molecular formula is C16H25N3. The Kier molecular flexibility index (Phi) is 4.59. The van der Waals surface area contributed by atoms with Crippen LogP contribution in [0.4, 0.5) is 0 Å². The number of imidazole rings is 1. The van der Waals surface area contributed by atoms with Crippen LogP contribution < -0.4 is 5.73 Å². The summed E-state index contributed by atoms with van der Waals surface area (Å²) in [5, 5.41) is 0. The molecule has 0 saturated carbocycles. The molecular weight excluding hydrogens is 234 g/mol. The number of hydrogen-bond donors (Lipinski definition) is 1. The van der Waals surface area contributed by atoms with Crippen LogP contribution in [0.3, 0.4) is 0 Å². The van der Waals surface area contributed by atoms with E-state index in [-0.39, 0.29) is 0 Å². The smallest absolute Gasteiger partial charge is 0.112 e. The van der Waals surface area contributed by atoms with Crippen molar-refractivity contribution >= 4 is 11.0 Å². The molecule has 0 aliphatic carbocycles. The zero-order chi connectivity index (χ0) is 13.8. The second-order valence-electron chi connectivity index (χ2n) is 5.27. The van der Waals surface area contributed by atoms with Crippen molar-refractivity contribution in [2.75, 3.05) is 0 Å². The van der Waals surface area contributed by atoms with Crippen LogP contribution in [0, 0.1) is 0 Å². The zero-order valence-electron chi connectivity index (χ0n) is 12.3. The summed E-state index contributed by atoms with van der Waals surface area (Å²) in [5.74, 6) is 1.77. The first-order valence-corrected chi connectivity index (χ1v) is 7.37. The summed E-state index contributed by atoms with van der Waals surface area (Å²) < 4.78 is 2.25. The number of benzene rings is 1. The summed E-state index contributed by atoms with van der Waals surface area (Å²) >= 11 is 0. The van der Waals surface area contributed by atoms with E-state index in [1.807, 2.05) is 0 Å². The van der Waals surface area contributed by atoms with Crippen LogP contribution in [0.5, 0.6) is 0 Å². The fraction of sp³-hybridized carbons (Fsp3) is 0.562. The average Bonchev–Trinajstić information content (AvgIpc) is 2.77. The van der Waals surface area contributed by atoms with E-state index >= 15 is 0 Å². The van der Waals surface area contributed by atoms with Gasteiger partial charge >= 0.3 is 0 Å². The lowest BCUT2D eigenvalue weighted by molar-refractivity contribution is 0.531. The molecule has 2 rings (SSSR count). The van der Waals surface area contributed by atoms with Gasteiger partial charge in [0.1, 0.15) is 5.82 Å². The third-order valence-electron chi connectivity index (χ3n) is 4.01. The van der Waals surface area contributed by atoms with Gasteiger partial charge in [0.05, 0.1) is 11.0 Å². The number of para-hydroxylation sites is 1. The van der Waals surface area contributed by atoms with Crippen molar-refractivity contribution in [1.29, 1.82) is 0 Å². The van der Waals surface area contributed by atoms with Gasteiger partial charge in [0.2, 0.25) is 0 Å². The van der Waals surface area contributed by atoms with E-state index in [1.54, 1.807) is 0 Å². The molecule has 2 aromatic rings. The quantitative estimate of drug-likeness (QED) is 0.859. The van der Waals surface area contributed by atoms with Gasteiger partial charge in [-0.05, 0) is 24.5 Å². The SMILES string of the molecule is CCCCC(CC)c1nc2c(CN)cccc2n1C. The molecule has 3 heteroatoms. The number of unbranched alkanes of at least 4 members (excludes halogenated alkanes) is 1. The molecule has 1 atom stereocenters. The van der Waals surface area contributed by atoms with Crippen LogP contribution in [0.1, 0.15) is 56.8 Å². The highest BCUT2D eigenvalue weighted by Gasteiger charge is 2.17. The number of nitrogens with two attached hydrogens (primary N) is 1. The minimum absolute atomic E-state index is 0.555. The highest BCUT2D eigenvalue weighted by Crippen LogP contribution is 2.28. The maximum atomic E-state index is 5.81. The number of nitrogens with zero attached hydrogens (tertiary/aromatic N) is 2. The Morgan fingerprint density at radius 1 is 1.32 bits per heavy atom. The number of aromatic nitrogens is 2. The first-order valence-electron chi connectivity index (χ1n) is 7.37. The summed E-state index contributed by atoms with van der Waals surface area (Å²) in [6.07, 6.45) is 4.89. The average molecular weight is 259 g/mol. The normalized spacial score (nSPS) is 13.1. The fourth-order valence-electron chi connectivity index (χ4n) is 2.79. The largest absolute Gasteiger partial charge is 0.331 e. The van der Waals surface area contributed by atoms with Crippen molar-refractivity contribution < 1.29 is 0 Å². The monoisotopic (exact) mass is 259 g/mol. The molecule has 0 saturated heterocycles. The molecule has 0 radical (unpaired) electrons. The highest BCUT2D eigenvalue weighted by atomic mass is 15.1. The molecule has 1 aromatic carbocycles. The predicted octanol–water partition coefficient (Wildman–Crippen LogP) is 3.72. The van der Waals surface area contributed by atoms with Crippen LogP contribution in [-0.2, 0) is 13.6 Å². The molecule has 19 heavy (non-hydrogen) atoms. The van der Waals surface area contributed by atoms with Gasteiger partial charge in [0.25, 0.3) is 0 Å². The molecule has 0 bridgehead atoms. The molecule has 104 valence electrons. The van der Waals surface area contributed by atoms with Crippen molar-refractivity contribution in [2.24, 2.45) is 12.8 Å². The highest BCUT2D eigenvalue weighted by molar-refractivity contribution is 5.79. The summed E-state index contributed by atoms with van der Waals surface area (Å²) in [4.78, 5) is 4.89. The molecule has 0 amide bonds. The van der Waals surface area contributed by atoms with E-state index < -0.39 is 0 Å². The van der Waals surface area contributed by atoms with Crippen LogP contribution >= 0.6 is 0 Å². The maximum absolute atomic E-state index is 5.81. The van der Waals surface area contributed by atoms with E-state index in [2.05, 4.69) is 43.7 Å². The summed E-state index contributed by atoms with van der Waals surface area (Å²) in [7, 11) is 2.12. The number of rotatable bonds is 6. The standard InChI is InChI=1S/C16H25N3/c1-4-6-8-12(5-2)16-18-15-13(11-17)9-7-10-14(15)19(16)3/h7,9-10,12H,4-6,8,11,17H2,1-3H3. The lowest BCUT2D eigenvalue weighted by Gasteiger charge is -2.14. The van der Waals surface area contributed by atoms with Gasteiger partial charge in [-0.25, -0.2) is 4.98 Å². The number of hydrogen-bond acceptors (Lipinski definition) is 2. The van der Waals surface area contributed by atoms with Crippen molar-refractivity contribution in [3.63, 3.8) is 0 Å². The van der Waals surface area contributed by atoms with Crippen molar-refractivity contribution in [2.45, 2.75) is 52.0 Å². The van der Waals surface area contributed by atoms with Gasteiger partial charge in [0.15, 0.2) is 0 Å². The Morgan fingerprint density at radius 3 is 2.74 bits per heavy atom. The van der Waals surface area contributed by atoms with Gasteiger partial charge in [0, 0.05) is 19.5 Å². The summed E-state index contributed by atoms with van der Waals surface area (Å²) in [6, 6.07) is 6.28. The lowest BCUT2D eigenvalue weighted by atomic mass is 9.98. The first-order chi connectivity index (χ1) is 9.22. The second-order valence-corrected chi connectivity index (χ2v) is 5.27. The Balaban J connectivity index is 2.45. The number of aryl methyl sites for hydroxylation is 1. The van der Waals surface area contributed by atoms with E-state index in [4.69, 9.17) is 10.7 Å². The van der Waals surface area contributed by atoms with E-state index in [0.29, 0.717) is 12.5 Å². The molecule has 0 aliphatic heterocycles. The van der Waals surface area contributed by atoms with Crippen molar-refractivity contribution in [3.05, 3.63) is 29.6 Å². The molecule has 1 heterocycles. The maximum Gasteiger partial charge on any atom is 0.112 e. The molecule has 2 N–H and O–H groups in total. The Morgan fingerprint density at radius 2 is 2.11 bits per heavy atom. The van der Waals surface area contributed by atoms with Gasteiger partial charge < -0.3 is 10.3 Å². The van der Waals surface area contributed by atoms with Crippen LogP contribution in [0.25, 0.3) is 11.0 Å². The molecule has 0 spiro atoms. The molecule has 1 unspecified atom stereocenters. The van der Waals surface area contributed by atoms with Gasteiger partial charge in [-0.3, -0.25) is 0 Å². The van der Waals surface area contributed by atoms with Crippen LogP contribution in [0.2, 0.25) is 0 Å². The molecule has 3 nitrogen and oxygen atoms in total. The Hall–Kier alpha value is -1.35. The first kappa shape index (κ1) is 14.1. The second kappa shape index (κ2) is 6.20. The minimum Gasteiger partial charge on any atom is -0.331 e.